The number of hydrogen-bond acceptors (Lipinski definition) is 2. The highest BCUT2D eigenvalue weighted by atomic mass is 35.5. The zero-order valence-corrected chi connectivity index (χ0v) is 12.9. The van der Waals surface area contributed by atoms with Gasteiger partial charge in [-0.05, 0) is 24.3 Å². The minimum Gasteiger partial charge on any atom is -0.266 e. The van der Waals surface area contributed by atoms with Crippen LogP contribution in [0.1, 0.15) is 10.4 Å². The van der Waals surface area contributed by atoms with Gasteiger partial charge in [0.2, 0.25) is 0 Å². The van der Waals surface area contributed by atoms with Crippen molar-refractivity contribution >= 4 is 38.8 Å². The van der Waals surface area contributed by atoms with Crippen LogP contribution in [0.3, 0.4) is 0 Å². The molecule has 0 heterocycles. The Balaban J connectivity index is 2.51. The SMILES string of the molecule is CS(=O)(=NC(=O)c1c(Cl)cccc1Cl)c1ccccc1. The lowest BCUT2D eigenvalue weighted by atomic mass is 10.2. The number of carbonyl (C=O) groups is 1. The van der Waals surface area contributed by atoms with E-state index in [4.69, 9.17) is 23.2 Å². The number of carbonyl (C=O) groups excluding carboxylic acids is 1. The van der Waals surface area contributed by atoms with Crippen LogP contribution < -0.4 is 0 Å². The molecule has 0 saturated heterocycles. The fourth-order valence-corrected chi connectivity index (χ4v) is 3.37. The molecular weight excluding hydrogens is 317 g/mol. The second-order valence-electron chi connectivity index (χ2n) is 4.11. The maximum atomic E-state index is 12.5. The fraction of sp³-hybridized carbons (Fsp3) is 0.0714. The van der Waals surface area contributed by atoms with Crippen LogP contribution >= 0.6 is 23.2 Å². The van der Waals surface area contributed by atoms with E-state index in [9.17, 15) is 9.00 Å². The largest absolute Gasteiger partial charge is 0.288 e. The molecule has 0 aliphatic carbocycles. The summed E-state index contributed by atoms with van der Waals surface area (Å²) in [5, 5.41) is 0.379. The van der Waals surface area contributed by atoms with E-state index in [1.165, 1.54) is 18.4 Å². The van der Waals surface area contributed by atoms with E-state index < -0.39 is 15.6 Å². The molecule has 0 aromatic heterocycles. The van der Waals surface area contributed by atoms with Gasteiger partial charge in [0, 0.05) is 11.2 Å². The van der Waals surface area contributed by atoms with Crippen LogP contribution in [0.4, 0.5) is 0 Å². The molecule has 0 aliphatic rings. The van der Waals surface area contributed by atoms with E-state index in [-0.39, 0.29) is 15.6 Å². The van der Waals surface area contributed by atoms with Crippen LogP contribution in [0, 0.1) is 0 Å². The second-order valence-corrected chi connectivity index (χ2v) is 7.18. The lowest BCUT2D eigenvalue weighted by Gasteiger charge is -2.05. The van der Waals surface area contributed by atoms with Gasteiger partial charge in [-0.15, -0.1) is 0 Å². The lowest BCUT2D eigenvalue weighted by molar-refractivity contribution is 0.100. The minimum atomic E-state index is -2.83. The third-order valence-electron chi connectivity index (χ3n) is 2.61. The summed E-state index contributed by atoms with van der Waals surface area (Å²) in [6.07, 6.45) is 1.41. The molecule has 0 fully saturated rings. The number of halogens is 2. The Labute approximate surface area is 127 Å². The first kappa shape index (κ1) is 15.0. The van der Waals surface area contributed by atoms with Crippen molar-refractivity contribution in [2.75, 3.05) is 6.26 Å². The van der Waals surface area contributed by atoms with E-state index in [1.807, 2.05) is 0 Å². The Morgan fingerprint density at radius 1 is 1.00 bits per heavy atom. The first-order chi connectivity index (χ1) is 9.42. The van der Waals surface area contributed by atoms with Gasteiger partial charge in [0.25, 0.3) is 5.91 Å². The summed E-state index contributed by atoms with van der Waals surface area (Å²) in [4.78, 5) is 12.6. The van der Waals surface area contributed by atoms with Crippen LogP contribution in [0.15, 0.2) is 57.8 Å². The summed E-state index contributed by atoms with van der Waals surface area (Å²) in [7, 11) is -2.83. The predicted octanol–water partition coefficient (Wildman–Crippen LogP) is 4.29. The number of hydrogen-bond donors (Lipinski definition) is 0. The normalized spacial score (nSPS) is 13.6. The van der Waals surface area contributed by atoms with Gasteiger partial charge in [0.15, 0.2) is 0 Å². The molecule has 2 aromatic carbocycles. The fourth-order valence-electron chi connectivity index (χ4n) is 1.63. The minimum absolute atomic E-state index is 0.0707. The number of amides is 1. The molecule has 3 nitrogen and oxygen atoms in total. The van der Waals surface area contributed by atoms with Crippen molar-refractivity contribution in [1.82, 2.24) is 0 Å². The van der Waals surface area contributed by atoms with Crippen LogP contribution in [0.25, 0.3) is 0 Å². The second kappa shape index (κ2) is 5.95. The van der Waals surface area contributed by atoms with E-state index in [2.05, 4.69) is 4.36 Å². The molecule has 1 amide bonds. The molecule has 2 aromatic rings. The van der Waals surface area contributed by atoms with Gasteiger partial charge in [0.05, 0.1) is 25.3 Å². The average Bonchev–Trinajstić information content (AvgIpc) is 2.39. The summed E-state index contributed by atoms with van der Waals surface area (Å²) < 4.78 is 16.3. The van der Waals surface area contributed by atoms with Crippen molar-refractivity contribution in [3.8, 4) is 0 Å². The quantitative estimate of drug-likeness (QED) is 0.825. The van der Waals surface area contributed by atoms with E-state index >= 15 is 0 Å². The highest BCUT2D eigenvalue weighted by Crippen LogP contribution is 2.26. The van der Waals surface area contributed by atoms with Gasteiger partial charge in [-0.2, -0.15) is 4.36 Å². The highest BCUT2D eigenvalue weighted by molar-refractivity contribution is 7.93. The highest BCUT2D eigenvalue weighted by Gasteiger charge is 2.16. The maximum Gasteiger partial charge on any atom is 0.288 e. The van der Waals surface area contributed by atoms with Crippen LogP contribution in [0.2, 0.25) is 10.0 Å². The Morgan fingerprint density at radius 3 is 2.10 bits per heavy atom. The zero-order valence-electron chi connectivity index (χ0n) is 10.5. The van der Waals surface area contributed by atoms with Crippen molar-refractivity contribution < 1.29 is 9.00 Å². The first-order valence-electron chi connectivity index (χ1n) is 5.67. The molecule has 20 heavy (non-hydrogen) atoms. The van der Waals surface area contributed by atoms with Gasteiger partial charge in [-0.1, -0.05) is 47.5 Å². The van der Waals surface area contributed by atoms with Gasteiger partial charge >= 0.3 is 0 Å². The van der Waals surface area contributed by atoms with Crippen molar-refractivity contribution in [2.45, 2.75) is 4.90 Å². The summed E-state index contributed by atoms with van der Waals surface area (Å²) in [6.45, 7) is 0. The third kappa shape index (κ3) is 3.20. The van der Waals surface area contributed by atoms with E-state index in [0.717, 1.165) is 0 Å². The molecule has 0 spiro atoms. The van der Waals surface area contributed by atoms with Gasteiger partial charge in [0.1, 0.15) is 0 Å². The summed E-state index contributed by atoms with van der Waals surface area (Å²) >= 11 is 11.9. The summed E-state index contributed by atoms with van der Waals surface area (Å²) in [6, 6.07) is 13.3. The van der Waals surface area contributed by atoms with E-state index in [0.29, 0.717) is 4.90 Å². The summed E-state index contributed by atoms with van der Waals surface area (Å²) in [5.41, 5.74) is 0.0707. The molecular formula is C14H11Cl2NO2S. The lowest BCUT2D eigenvalue weighted by Crippen LogP contribution is -2.05. The third-order valence-corrected chi connectivity index (χ3v) is 4.91. The van der Waals surface area contributed by atoms with E-state index in [1.54, 1.807) is 36.4 Å². The number of nitrogens with zero attached hydrogens (tertiary/aromatic N) is 1. The number of rotatable bonds is 2. The number of benzene rings is 2. The van der Waals surface area contributed by atoms with Gasteiger partial charge < -0.3 is 0 Å². The molecule has 0 bridgehead atoms. The molecule has 1 unspecified atom stereocenters. The molecule has 0 N–H and O–H groups in total. The molecule has 0 saturated carbocycles. The average molecular weight is 328 g/mol. The Morgan fingerprint density at radius 2 is 1.55 bits per heavy atom. The molecule has 0 radical (unpaired) electrons. The monoisotopic (exact) mass is 327 g/mol. The smallest absolute Gasteiger partial charge is 0.266 e. The Hall–Kier alpha value is -1.36. The first-order valence-corrected chi connectivity index (χ1v) is 8.35. The standard InChI is InChI=1S/C14H11Cl2NO2S/c1-20(19,10-6-3-2-4-7-10)17-14(18)13-11(15)8-5-9-12(13)16/h2-9H,1H3. The van der Waals surface area contributed by atoms with Crippen LogP contribution in [-0.4, -0.2) is 16.4 Å². The van der Waals surface area contributed by atoms with Crippen molar-refractivity contribution in [3.63, 3.8) is 0 Å². The van der Waals surface area contributed by atoms with Crippen LogP contribution in [-0.2, 0) is 9.73 Å². The van der Waals surface area contributed by atoms with Crippen molar-refractivity contribution in [1.29, 1.82) is 0 Å². The zero-order chi connectivity index (χ0) is 14.8. The Kier molecular flexibility index (Phi) is 4.48. The molecule has 6 heteroatoms. The molecule has 2 rings (SSSR count). The maximum absolute atomic E-state index is 12.5. The topological polar surface area (TPSA) is 46.5 Å². The van der Waals surface area contributed by atoms with Gasteiger partial charge in [-0.25, -0.2) is 4.21 Å². The van der Waals surface area contributed by atoms with Gasteiger partial charge in [-0.3, -0.25) is 4.79 Å². The molecule has 104 valence electrons. The summed E-state index contributed by atoms with van der Waals surface area (Å²) in [5.74, 6) is -0.683. The Bertz CT molecular complexity index is 746. The van der Waals surface area contributed by atoms with Crippen molar-refractivity contribution in [3.05, 3.63) is 64.1 Å². The molecule has 0 aliphatic heterocycles. The molecule has 1 atom stereocenters. The van der Waals surface area contributed by atoms with Crippen molar-refractivity contribution in [2.24, 2.45) is 4.36 Å². The van der Waals surface area contributed by atoms with Crippen LogP contribution in [0.5, 0.6) is 0 Å². The predicted molar refractivity (Wildman–Crippen MR) is 82.0 cm³/mol.